The Balaban J connectivity index is 2.33. The third-order valence-corrected chi connectivity index (χ3v) is 2.70. The first-order chi connectivity index (χ1) is 10.3. The normalized spacial score (nSPS) is 11.4. The Morgan fingerprint density at radius 3 is 2.64 bits per heavy atom. The molecule has 0 aliphatic heterocycles. The van der Waals surface area contributed by atoms with Gasteiger partial charge in [-0.2, -0.15) is 13.2 Å². The molecule has 0 aliphatic carbocycles. The third-order valence-electron chi connectivity index (χ3n) is 2.70. The Morgan fingerprint density at radius 2 is 2.00 bits per heavy atom. The van der Waals surface area contributed by atoms with E-state index in [2.05, 4.69) is 17.1 Å². The molecule has 0 unspecified atom stereocenters. The van der Waals surface area contributed by atoms with E-state index in [0.29, 0.717) is 0 Å². The molecule has 0 saturated carbocycles. The van der Waals surface area contributed by atoms with Crippen molar-refractivity contribution in [1.29, 1.82) is 0 Å². The number of rotatable bonds is 3. The van der Waals surface area contributed by atoms with E-state index < -0.39 is 17.7 Å². The number of carboxylic acids is 1. The van der Waals surface area contributed by atoms with Crippen LogP contribution in [-0.2, 0) is 6.18 Å². The van der Waals surface area contributed by atoms with Crippen LogP contribution in [0.25, 0.3) is 0 Å². The van der Waals surface area contributed by atoms with Gasteiger partial charge in [0.25, 0.3) is 0 Å². The smallest absolute Gasteiger partial charge is 0.416 e. The summed E-state index contributed by atoms with van der Waals surface area (Å²) in [4.78, 5) is 14.7. The van der Waals surface area contributed by atoms with Gasteiger partial charge in [0.15, 0.2) is 0 Å². The highest BCUT2D eigenvalue weighted by Gasteiger charge is 2.30. The number of benzene rings is 1. The maximum Gasteiger partial charge on any atom is 0.416 e. The van der Waals surface area contributed by atoms with Crippen LogP contribution in [0.4, 0.5) is 24.5 Å². The summed E-state index contributed by atoms with van der Waals surface area (Å²) in [7, 11) is 0. The first-order valence-electron chi connectivity index (χ1n) is 5.95. The van der Waals surface area contributed by atoms with Crippen molar-refractivity contribution >= 4 is 23.6 Å². The molecule has 2 aromatic rings. The van der Waals surface area contributed by atoms with Crippen molar-refractivity contribution in [2.75, 3.05) is 5.73 Å². The quantitative estimate of drug-likeness (QED) is 0.854. The number of carboxylic acid groups (broad SMARTS) is 1. The number of hydrogen-bond acceptors (Lipinski definition) is 3. The van der Waals surface area contributed by atoms with E-state index >= 15 is 0 Å². The average molecular weight is 306 g/mol. The lowest BCUT2D eigenvalue weighted by Gasteiger charge is -2.06. The van der Waals surface area contributed by atoms with Crippen LogP contribution in [-0.4, -0.2) is 17.3 Å². The molecule has 22 heavy (non-hydrogen) atoms. The molecule has 112 valence electrons. The van der Waals surface area contributed by atoms with E-state index in [1.807, 2.05) is 0 Å². The highest BCUT2D eigenvalue weighted by atomic mass is 19.4. The lowest BCUT2D eigenvalue weighted by molar-refractivity contribution is -0.137. The van der Waals surface area contributed by atoms with Crippen LogP contribution in [0.5, 0.6) is 0 Å². The van der Waals surface area contributed by atoms with E-state index in [9.17, 15) is 18.0 Å². The molecule has 0 bridgehead atoms. The summed E-state index contributed by atoms with van der Waals surface area (Å²) in [6.45, 7) is 0. The number of carbonyl (C=O) groups is 1. The number of halogens is 3. The second-order valence-electron chi connectivity index (χ2n) is 4.29. The topological polar surface area (TPSA) is 75.7 Å². The summed E-state index contributed by atoms with van der Waals surface area (Å²) in [6, 6.07) is 10.4. The van der Waals surface area contributed by atoms with Crippen LogP contribution in [0.1, 0.15) is 21.5 Å². The molecular weight excluding hydrogens is 297 g/mol. The Hall–Kier alpha value is -3.01. The number of nitrogen functional groups attached to an aromatic ring is 1. The lowest BCUT2D eigenvalue weighted by atomic mass is 10.1. The Labute approximate surface area is 123 Å². The summed E-state index contributed by atoms with van der Waals surface area (Å²) in [5.74, 6) is -1.22. The van der Waals surface area contributed by atoms with Crippen LogP contribution in [0.15, 0.2) is 35.3 Å². The SMILES string of the molecule is Nc1c#cc(C(=O)O)cc1C=Nc1cccc(C(F)(F)F)c1. The van der Waals surface area contributed by atoms with E-state index in [-0.39, 0.29) is 22.5 Å². The van der Waals surface area contributed by atoms with Crippen molar-refractivity contribution in [1.82, 2.24) is 0 Å². The van der Waals surface area contributed by atoms with Gasteiger partial charge in [0, 0.05) is 11.8 Å². The molecule has 0 aliphatic rings. The van der Waals surface area contributed by atoms with Gasteiger partial charge in [-0.3, -0.25) is 4.99 Å². The van der Waals surface area contributed by atoms with Crippen molar-refractivity contribution in [3.05, 3.63) is 59.2 Å². The maximum atomic E-state index is 12.6. The van der Waals surface area contributed by atoms with Gasteiger partial charge in [0.2, 0.25) is 0 Å². The van der Waals surface area contributed by atoms with Crippen molar-refractivity contribution in [2.45, 2.75) is 6.18 Å². The van der Waals surface area contributed by atoms with Crippen molar-refractivity contribution in [3.63, 3.8) is 0 Å². The molecule has 0 radical (unpaired) electrons. The molecule has 3 N–H and O–H groups in total. The molecule has 0 amide bonds. The van der Waals surface area contributed by atoms with Gasteiger partial charge >= 0.3 is 12.1 Å². The van der Waals surface area contributed by atoms with E-state index in [0.717, 1.165) is 12.1 Å². The highest BCUT2D eigenvalue weighted by Crippen LogP contribution is 2.31. The van der Waals surface area contributed by atoms with Gasteiger partial charge in [-0.25, -0.2) is 4.79 Å². The molecule has 0 spiro atoms. The van der Waals surface area contributed by atoms with Gasteiger partial charge in [0.1, 0.15) is 5.56 Å². The summed E-state index contributed by atoms with van der Waals surface area (Å²) < 4.78 is 37.8. The number of aliphatic imine (C=N–C) groups is 1. The predicted octanol–water partition coefficient (Wildman–Crippen LogP) is 3.34. The summed E-state index contributed by atoms with van der Waals surface area (Å²) in [5.41, 5.74) is 5.01. The lowest BCUT2D eigenvalue weighted by Crippen LogP contribution is -2.03. The zero-order chi connectivity index (χ0) is 16.3. The molecule has 0 saturated heterocycles. The summed E-state index contributed by atoms with van der Waals surface area (Å²) >= 11 is 0. The first-order valence-corrected chi connectivity index (χ1v) is 5.95. The molecule has 0 fully saturated rings. The standard InChI is InChI=1S/C15H9F3N2O2/c16-15(17,18)11-2-1-3-12(7-11)20-8-10-6-9(14(21)22)4-5-13(10)19/h1-3,6-8H,19H2,(H,21,22). The number of alkyl halides is 3. The van der Waals surface area contributed by atoms with Crippen LogP contribution < -0.4 is 5.73 Å². The van der Waals surface area contributed by atoms with Gasteiger partial charge < -0.3 is 10.8 Å². The summed E-state index contributed by atoms with van der Waals surface area (Å²) in [6.07, 6.45) is -3.28. The van der Waals surface area contributed by atoms with Gasteiger partial charge in [-0.05, 0) is 30.3 Å². The van der Waals surface area contributed by atoms with Crippen molar-refractivity contribution in [3.8, 4) is 0 Å². The van der Waals surface area contributed by atoms with E-state index in [1.54, 1.807) is 0 Å². The Bertz CT molecular complexity index is 740. The van der Waals surface area contributed by atoms with Crippen molar-refractivity contribution in [2.24, 2.45) is 4.99 Å². The third kappa shape index (κ3) is 3.55. The molecule has 0 atom stereocenters. The summed E-state index contributed by atoms with van der Waals surface area (Å²) in [5, 5.41) is 8.85. The maximum absolute atomic E-state index is 12.6. The fourth-order valence-corrected chi connectivity index (χ4v) is 1.60. The first kappa shape index (κ1) is 15.4. The molecule has 4 nitrogen and oxygen atoms in total. The molecule has 2 aromatic carbocycles. The predicted molar refractivity (Wildman–Crippen MR) is 74.2 cm³/mol. The van der Waals surface area contributed by atoms with Crippen LogP contribution >= 0.6 is 0 Å². The molecule has 0 heterocycles. The minimum atomic E-state index is -4.46. The zero-order valence-electron chi connectivity index (χ0n) is 11.0. The second kappa shape index (κ2) is 5.77. The molecule has 0 aromatic heterocycles. The monoisotopic (exact) mass is 306 g/mol. The fourth-order valence-electron chi connectivity index (χ4n) is 1.60. The Kier molecular flexibility index (Phi) is 4.04. The largest absolute Gasteiger partial charge is 0.477 e. The number of anilines is 1. The van der Waals surface area contributed by atoms with Crippen LogP contribution in [0.2, 0.25) is 0 Å². The average Bonchev–Trinajstić information content (AvgIpc) is 2.45. The fraction of sp³-hybridized carbons (Fsp3) is 0.0667. The Morgan fingerprint density at radius 1 is 1.27 bits per heavy atom. The molecule has 2 rings (SSSR count). The van der Waals surface area contributed by atoms with E-state index in [1.165, 1.54) is 24.4 Å². The minimum absolute atomic E-state index is 0.0685. The molecule has 7 heteroatoms. The van der Waals surface area contributed by atoms with Gasteiger partial charge in [0.05, 0.1) is 16.9 Å². The van der Waals surface area contributed by atoms with Gasteiger partial charge in [-0.1, -0.05) is 12.1 Å². The minimum Gasteiger partial charge on any atom is -0.477 e. The van der Waals surface area contributed by atoms with Gasteiger partial charge in [-0.15, -0.1) is 0 Å². The van der Waals surface area contributed by atoms with Crippen LogP contribution in [0, 0.1) is 12.1 Å². The second-order valence-corrected chi connectivity index (χ2v) is 4.29. The van der Waals surface area contributed by atoms with Crippen LogP contribution in [0.3, 0.4) is 0 Å². The van der Waals surface area contributed by atoms with E-state index in [4.69, 9.17) is 10.8 Å². The molecular formula is C15H9F3N2O2. The van der Waals surface area contributed by atoms with Crippen molar-refractivity contribution < 1.29 is 23.1 Å². The number of nitrogens with two attached hydrogens (primary N) is 1. The number of nitrogens with zero attached hydrogens (tertiary/aromatic N) is 1. The highest BCUT2D eigenvalue weighted by molar-refractivity contribution is 5.93. The number of hydrogen-bond donors (Lipinski definition) is 2. The number of aromatic carboxylic acids is 1. The zero-order valence-corrected chi connectivity index (χ0v) is 11.0.